The fraction of sp³-hybridized carbons (Fsp3) is 0.471. The SMILES string of the molecule is CNCc1cc2ccccc2nc1N1CCC(C)(C)C1. The molecule has 0 radical (unpaired) electrons. The maximum atomic E-state index is 4.93. The minimum absolute atomic E-state index is 0.393. The van der Waals surface area contributed by atoms with Crippen LogP contribution < -0.4 is 10.2 Å². The number of hydrogen-bond acceptors (Lipinski definition) is 3. The van der Waals surface area contributed by atoms with Gasteiger partial charge in [0.2, 0.25) is 0 Å². The number of rotatable bonds is 3. The molecule has 0 bridgehead atoms. The molecule has 3 rings (SSSR count). The van der Waals surface area contributed by atoms with E-state index < -0.39 is 0 Å². The fourth-order valence-electron chi connectivity index (χ4n) is 3.04. The summed E-state index contributed by atoms with van der Waals surface area (Å²) in [5.74, 6) is 1.16. The summed E-state index contributed by atoms with van der Waals surface area (Å²) in [7, 11) is 1.99. The lowest BCUT2D eigenvalue weighted by molar-refractivity contribution is 0.418. The van der Waals surface area contributed by atoms with Gasteiger partial charge in [-0.05, 0) is 31.0 Å². The van der Waals surface area contributed by atoms with Gasteiger partial charge in [0.15, 0.2) is 0 Å². The van der Waals surface area contributed by atoms with Crippen molar-refractivity contribution < 1.29 is 0 Å². The van der Waals surface area contributed by atoms with Gasteiger partial charge in [-0.25, -0.2) is 4.98 Å². The van der Waals surface area contributed by atoms with Crippen LogP contribution in [-0.4, -0.2) is 25.1 Å². The average Bonchev–Trinajstić information content (AvgIpc) is 2.78. The second kappa shape index (κ2) is 5.06. The highest BCUT2D eigenvalue weighted by atomic mass is 15.2. The van der Waals surface area contributed by atoms with Crippen molar-refractivity contribution in [3.63, 3.8) is 0 Å². The molecule has 1 fully saturated rings. The van der Waals surface area contributed by atoms with Crippen LogP contribution in [0.2, 0.25) is 0 Å². The van der Waals surface area contributed by atoms with Crippen molar-refractivity contribution in [1.29, 1.82) is 0 Å². The summed E-state index contributed by atoms with van der Waals surface area (Å²) >= 11 is 0. The number of hydrogen-bond donors (Lipinski definition) is 1. The third kappa shape index (κ3) is 2.50. The number of nitrogens with zero attached hydrogens (tertiary/aromatic N) is 2. The zero-order valence-electron chi connectivity index (χ0n) is 12.6. The molecule has 1 aromatic carbocycles. The molecule has 1 aromatic heterocycles. The van der Waals surface area contributed by atoms with Crippen molar-refractivity contribution in [1.82, 2.24) is 10.3 Å². The van der Waals surface area contributed by atoms with Crippen LogP contribution in [0.1, 0.15) is 25.8 Å². The molecule has 1 aliphatic heterocycles. The van der Waals surface area contributed by atoms with Crippen LogP contribution in [0, 0.1) is 5.41 Å². The zero-order valence-corrected chi connectivity index (χ0v) is 12.6. The zero-order chi connectivity index (χ0) is 14.2. The Morgan fingerprint density at radius 1 is 1.30 bits per heavy atom. The standard InChI is InChI=1S/C17H23N3/c1-17(2)8-9-20(12-17)16-14(11-18-3)10-13-6-4-5-7-15(13)19-16/h4-7,10,18H,8-9,11-12H2,1-3H3. The lowest BCUT2D eigenvalue weighted by atomic mass is 9.93. The van der Waals surface area contributed by atoms with Crippen molar-refractivity contribution in [2.24, 2.45) is 5.41 Å². The van der Waals surface area contributed by atoms with Crippen molar-refractivity contribution in [2.75, 3.05) is 25.0 Å². The molecule has 0 saturated carbocycles. The molecule has 2 heterocycles. The van der Waals surface area contributed by atoms with Crippen LogP contribution in [-0.2, 0) is 6.54 Å². The largest absolute Gasteiger partial charge is 0.356 e. The summed E-state index contributed by atoms with van der Waals surface area (Å²) in [6.07, 6.45) is 1.24. The van der Waals surface area contributed by atoms with Crippen molar-refractivity contribution in [3.8, 4) is 0 Å². The molecule has 3 heteroatoms. The van der Waals surface area contributed by atoms with Crippen molar-refractivity contribution >= 4 is 16.7 Å². The second-order valence-electron chi connectivity index (χ2n) is 6.53. The van der Waals surface area contributed by atoms with Crippen LogP contribution in [0.5, 0.6) is 0 Å². The lowest BCUT2D eigenvalue weighted by Crippen LogP contribution is -2.25. The van der Waals surface area contributed by atoms with Crippen LogP contribution in [0.4, 0.5) is 5.82 Å². The highest BCUT2D eigenvalue weighted by Gasteiger charge is 2.31. The fourth-order valence-corrected chi connectivity index (χ4v) is 3.04. The monoisotopic (exact) mass is 269 g/mol. The number of fused-ring (bicyclic) bond motifs is 1. The smallest absolute Gasteiger partial charge is 0.133 e. The molecule has 0 aliphatic carbocycles. The van der Waals surface area contributed by atoms with Gasteiger partial charge in [-0.2, -0.15) is 0 Å². The van der Waals surface area contributed by atoms with E-state index in [0.717, 1.165) is 31.0 Å². The molecule has 0 amide bonds. The number of aromatic nitrogens is 1. The van der Waals surface area contributed by atoms with Gasteiger partial charge in [0.05, 0.1) is 5.52 Å². The minimum atomic E-state index is 0.393. The van der Waals surface area contributed by atoms with Gasteiger partial charge >= 0.3 is 0 Å². The molecule has 1 N–H and O–H groups in total. The third-order valence-corrected chi connectivity index (χ3v) is 4.12. The first-order valence-electron chi connectivity index (χ1n) is 7.37. The van der Waals surface area contributed by atoms with Crippen molar-refractivity contribution in [2.45, 2.75) is 26.8 Å². The van der Waals surface area contributed by atoms with Crippen LogP contribution in [0.15, 0.2) is 30.3 Å². The molecule has 0 unspecified atom stereocenters. The van der Waals surface area contributed by atoms with E-state index in [4.69, 9.17) is 4.98 Å². The van der Waals surface area contributed by atoms with Gasteiger partial charge in [0, 0.05) is 30.6 Å². The number of pyridine rings is 1. The molecule has 0 atom stereocenters. The normalized spacial score (nSPS) is 17.9. The van der Waals surface area contributed by atoms with Gasteiger partial charge in [0.1, 0.15) is 5.82 Å². The predicted octanol–water partition coefficient (Wildman–Crippen LogP) is 3.19. The summed E-state index contributed by atoms with van der Waals surface area (Å²) in [5.41, 5.74) is 2.78. The van der Waals surface area contributed by atoms with E-state index in [1.807, 2.05) is 7.05 Å². The predicted molar refractivity (Wildman–Crippen MR) is 85.1 cm³/mol. The molecular weight excluding hydrogens is 246 g/mol. The Labute approximate surface area is 121 Å². The minimum Gasteiger partial charge on any atom is -0.356 e. The van der Waals surface area contributed by atoms with Gasteiger partial charge in [-0.3, -0.25) is 0 Å². The summed E-state index contributed by atoms with van der Waals surface area (Å²) < 4.78 is 0. The van der Waals surface area contributed by atoms with Gasteiger partial charge in [-0.1, -0.05) is 32.0 Å². The molecule has 0 spiro atoms. The van der Waals surface area contributed by atoms with Gasteiger partial charge < -0.3 is 10.2 Å². The Kier molecular flexibility index (Phi) is 3.38. The summed E-state index contributed by atoms with van der Waals surface area (Å²) in [5, 5.41) is 4.49. The van der Waals surface area contributed by atoms with E-state index in [9.17, 15) is 0 Å². The molecule has 2 aromatic rings. The molecule has 3 nitrogen and oxygen atoms in total. The maximum Gasteiger partial charge on any atom is 0.133 e. The van der Waals surface area contributed by atoms with E-state index in [0.29, 0.717) is 5.41 Å². The van der Waals surface area contributed by atoms with Crippen LogP contribution >= 0.6 is 0 Å². The Bertz CT molecular complexity index is 619. The number of nitrogens with one attached hydrogen (secondary N) is 1. The third-order valence-electron chi connectivity index (χ3n) is 4.12. The summed E-state index contributed by atoms with van der Waals surface area (Å²) in [6.45, 7) is 7.74. The van der Waals surface area contributed by atoms with E-state index >= 15 is 0 Å². The number of para-hydroxylation sites is 1. The quantitative estimate of drug-likeness (QED) is 0.927. The van der Waals surface area contributed by atoms with E-state index in [-0.39, 0.29) is 0 Å². The first-order valence-corrected chi connectivity index (χ1v) is 7.37. The Balaban J connectivity index is 2.05. The van der Waals surface area contributed by atoms with E-state index in [1.165, 1.54) is 17.4 Å². The van der Waals surface area contributed by atoms with E-state index in [1.54, 1.807) is 0 Å². The Morgan fingerprint density at radius 2 is 2.10 bits per heavy atom. The topological polar surface area (TPSA) is 28.2 Å². The first-order chi connectivity index (χ1) is 9.59. The summed E-state index contributed by atoms with van der Waals surface area (Å²) in [6, 6.07) is 10.7. The highest BCUT2D eigenvalue weighted by Crippen LogP contribution is 2.34. The Hall–Kier alpha value is -1.61. The van der Waals surface area contributed by atoms with Crippen LogP contribution in [0.3, 0.4) is 0 Å². The number of anilines is 1. The first kappa shape index (κ1) is 13.4. The molecule has 20 heavy (non-hydrogen) atoms. The average molecular weight is 269 g/mol. The number of benzene rings is 1. The molecule has 106 valence electrons. The highest BCUT2D eigenvalue weighted by molar-refractivity contribution is 5.81. The second-order valence-corrected chi connectivity index (χ2v) is 6.53. The summed E-state index contributed by atoms with van der Waals surface area (Å²) in [4.78, 5) is 7.37. The van der Waals surface area contributed by atoms with Crippen LogP contribution in [0.25, 0.3) is 10.9 Å². The molecular formula is C17H23N3. The lowest BCUT2D eigenvalue weighted by Gasteiger charge is -2.23. The van der Waals surface area contributed by atoms with Gasteiger partial charge in [0.25, 0.3) is 0 Å². The maximum absolute atomic E-state index is 4.93. The molecule has 1 aliphatic rings. The van der Waals surface area contributed by atoms with Crippen molar-refractivity contribution in [3.05, 3.63) is 35.9 Å². The Morgan fingerprint density at radius 3 is 2.80 bits per heavy atom. The van der Waals surface area contributed by atoms with Gasteiger partial charge in [-0.15, -0.1) is 0 Å². The van der Waals surface area contributed by atoms with E-state index in [2.05, 4.69) is 54.4 Å². The molecule has 1 saturated heterocycles.